The highest BCUT2D eigenvalue weighted by Gasteiger charge is 2.23. The summed E-state index contributed by atoms with van der Waals surface area (Å²) < 4.78 is 37.8. The number of nitrogens with zero attached hydrogens (tertiary/aromatic N) is 1. The van der Waals surface area contributed by atoms with Gasteiger partial charge in [-0.2, -0.15) is 0 Å². The Balaban J connectivity index is 1.47. The second kappa shape index (κ2) is 8.91. The fraction of sp³-hybridized carbons (Fsp3) is 0.120. The van der Waals surface area contributed by atoms with Crippen molar-refractivity contribution in [2.24, 2.45) is 0 Å². The molecule has 33 heavy (non-hydrogen) atoms. The van der Waals surface area contributed by atoms with Gasteiger partial charge in [0.2, 0.25) is 5.78 Å². The number of rotatable bonds is 7. The van der Waals surface area contributed by atoms with Crippen LogP contribution >= 0.6 is 0 Å². The number of carbonyl (C=O) groups is 2. The van der Waals surface area contributed by atoms with Crippen LogP contribution in [0.2, 0.25) is 0 Å². The van der Waals surface area contributed by atoms with Crippen LogP contribution in [0.3, 0.4) is 0 Å². The molecule has 3 aromatic carbocycles. The lowest BCUT2D eigenvalue weighted by Crippen LogP contribution is -2.26. The van der Waals surface area contributed by atoms with Gasteiger partial charge >= 0.3 is 5.97 Å². The zero-order chi connectivity index (χ0) is 23.6. The number of carbonyl (C=O) groups excluding carboxylic acids is 2. The van der Waals surface area contributed by atoms with Gasteiger partial charge in [-0.05, 0) is 49.4 Å². The average Bonchev–Trinajstić information content (AvgIpc) is 3.27. The van der Waals surface area contributed by atoms with Crippen molar-refractivity contribution in [2.45, 2.75) is 11.8 Å². The van der Waals surface area contributed by atoms with Crippen LogP contribution in [-0.4, -0.2) is 33.8 Å². The number of anilines is 1. The average molecular weight is 464 g/mol. The molecule has 0 aliphatic carbocycles. The fourth-order valence-electron chi connectivity index (χ4n) is 3.24. The predicted molar refractivity (Wildman–Crippen MR) is 124 cm³/mol. The first-order valence-corrected chi connectivity index (χ1v) is 11.5. The Bertz CT molecular complexity index is 1400. The lowest BCUT2D eigenvalue weighted by Gasteiger charge is -2.20. The quantitative estimate of drug-likeness (QED) is 0.294. The van der Waals surface area contributed by atoms with Crippen molar-refractivity contribution in [1.82, 2.24) is 0 Å². The van der Waals surface area contributed by atoms with Gasteiger partial charge in [-0.3, -0.25) is 9.10 Å². The third-order valence-corrected chi connectivity index (χ3v) is 6.94. The number of esters is 1. The molecule has 0 aliphatic rings. The maximum absolute atomic E-state index is 13.0. The Morgan fingerprint density at radius 1 is 0.939 bits per heavy atom. The molecule has 168 valence electrons. The Labute approximate surface area is 191 Å². The number of aryl methyl sites for hydroxylation is 1. The number of ketones is 1. The number of hydrogen-bond acceptors (Lipinski definition) is 6. The largest absolute Gasteiger partial charge is 0.454 e. The normalized spacial score (nSPS) is 11.3. The summed E-state index contributed by atoms with van der Waals surface area (Å²) in [6.45, 7) is 1.38. The van der Waals surface area contributed by atoms with Crippen molar-refractivity contribution in [3.8, 4) is 0 Å². The topological polar surface area (TPSA) is 93.9 Å². The van der Waals surface area contributed by atoms with E-state index >= 15 is 0 Å². The number of fused-ring (bicyclic) bond motifs is 1. The van der Waals surface area contributed by atoms with E-state index in [0.29, 0.717) is 11.3 Å². The molecule has 0 saturated heterocycles. The number of hydrogen-bond donors (Lipinski definition) is 0. The predicted octanol–water partition coefficient (Wildman–Crippen LogP) is 4.61. The number of para-hydroxylation sites is 1. The van der Waals surface area contributed by atoms with E-state index in [0.717, 1.165) is 15.3 Å². The van der Waals surface area contributed by atoms with Gasteiger partial charge < -0.3 is 9.15 Å². The van der Waals surface area contributed by atoms with Crippen molar-refractivity contribution in [3.05, 3.63) is 95.7 Å². The molecule has 8 heteroatoms. The molecule has 4 aromatic rings. The lowest BCUT2D eigenvalue weighted by molar-refractivity contribution is 0.0468. The minimum atomic E-state index is -3.91. The van der Waals surface area contributed by atoms with E-state index in [-0.39, 0.29) is 16.2 Å². The van der Waals surface area contributed by atoms with Crippen LogP contribution in [0.1, 0.15) is 26.5 Å². The number of sulfonamides is 1. The standard InChI is InChI=1S/C25H21NO6S/c1-17-10-12-20(13-11-17)26(2)33(29,30)21-8-5-7-19(14-21)25(28)31-16-22(27)24-15-18-6-3-4-9-23(18)32-24/h3-15H,16H2,1-2H3. The summed E-state index contributed by atoms with van der Waals surface area (Å²) >= 11 is 0. The first-order chi connectivity index (χ1) is 15.8. The van der Waals surface area contributed by atoms with E-state index in [1.54, 1.807) is 36.4 Å². The highest BCUT2D eigenvalue weighted by molar-refractivity contribution is 7.92. The number of Topliss-reactive ketones (excluding diaryl/α,β-unsaturated/α-hetero) is 1. The summed E-state index contributed by atoms with van der Waals surface area (Å²) in [5.74, 6) is -1.23. The van der Waals surface area contributed by atoms with Crippen LogP contribution in [0.5, 0.6) is 0 Å². The molecular weight excluding hydrogens is 442 g/mol. The second-order valence-corrected chi connectivity index (χ2v) is 9.45. The molecular formula is C25H21NO6S. The highest BCUT2D eigenvalue weighted by Crippen LogP contribution is 2.23. The van der Waals surface area contributed by atoms with Crippen molar-refractivity contribution < 1.29 is 27.2 Å². The first kappa shape index (κ1) is 22.3. The van der Waals surface area contributed by atoms with Crippen molar-refractivity contribution in [1.29, 1.82) is 0 Å². The van der Waals surface area contributed by atoms with E-state index in [4.69, 9.17) is 9.15 Å². The maximum Gasteiger partial charge on any atom is 0.338 e. The van der Waals surface area contributed by atoms with Crippen LogP contribution in [0.4, 0.5) is 5.69 Å². The van der Waals surface area contributed by atoms with Crippen molar-refractivity contribution in [2.75, 3.05) is 18.0 Å². The number of ether oxygens (including phenoxy) is 1. The van der Waals surface area contributed by atoms with Crippen molar-refractivity contribution in [3.63, 3.8) is 0 Å². The molecule has 0 saturated carbocycles. The summed E-state index contributed by atoms with van der Waals surface area (Å²) in [5.41, 5.74) is 2.07. The third kappa shape index (κ3) is 4.65. The van der Waals surface area contributed by atoms with E-state index in [1.165, 1.54) is 31.3 Å². The Morgan fingerprint density at radius 3 is 2.39 bits per heavy atom. The third-order valence-electron chi connectivity index (χ3n) is 5.16. The fourth-order valence-corrected chi connectivity index (χ4v) is 4.48. The minimum Gasteiger partial charge on any atom is -0.454 e. The number of furan rings is 1. The zero-order valence-corrected chi connectivity index (χ0v) is 18.8. The first-order valence-electron chi connectivity index (χ1n) is 10.1. The summed E-state index contributed by atoms with van der Waals surface area (Å²) in [7, 11) is -2.46. The van der Waals surface area contributed by atoms with E-state index in [9.17, 15) is 18.0 Å². The van der Waals surface area contributed by atoms with Gasteiger partial charge in [-0.15, -0.1) is 0 Å². The molecule has 0 radical (unpaired) electrons. The van der Waals surface area contributed by atoms with E-state index in [2.05, 4.69) is 0 Å². The van der Waals surface area contributed by atoms with Gasteiger partial charge in [0, 0.05) is 12.4 Å². The second-order valence-electron chi connectivity index (χ2n) is 7.48. The molecule has 7 nitrogen and oxygen atoms in total. The molecule has 0 fully saturated rings. The maximum atomic E-state index is 13.0. The Morgan fingerprint density at radius 2 is 1.67 bits per heavy atom. The molecule has 4 rings (SSSR count). The monoisotopic (exact) mass is 463 g/mol. The SMILES string of the molecule is Cc1ccc(N(C)S(=O)(=O)c2cccc(C(=O)OCC(=O)c3cc4ccccc4o3)c2)cc1. The summed E-state index contributed by atoms with van der Waals surface area (Å²) in [6.07, 6.45) is 0. The van der Waals surface area contributed by atoms with Gasteiger partial charge in [0.15, 0.2) is 12.4 Å². The highest BCUT2D eigenvalue weighted by atomic mass is 32.2. The molecule has 0 unspecified atom stereocenters. The van der Waals surface area contributed by atoms with Crippen LogP contribution < -0.4 is 4.31 Å². The van der Waals surface area contributed by atoms with Gasteiger partial charge in [-0.1, -0.05) is 42.0 Å². The Hall–Kier alpha value is -3.91. The Kier molecular flexibility index (Phi) is 6.02. The summed E-state index contributed by atoms with van der Waals surface area (Å²) in [5, 5.41) is 0.766. The number of benzene rings is 3. The smallest absolute Gasteiger partial charge is 0.338 e. The molecule has 0 N–H and O–H groups in total. The van der Waals surface area contributed by atoms with E-state index < -0.39 is 28.4 Å². The van der Waals surface area contributed by atoms with Crippen LogP contribution in [0.25, 0.3) is 11.0 Å². The van der Waals surface area contributed by atoms with Crippen LogP contribution in [-0.2, 0) is 14.8 Å². The van der Waals surface area contributed by atoms with E-state index in [1.807, 2.05) is 25.1 Å². The summed E-state index contributed by atoms with van der Waals surface area (Å²) in [4.78, 5) is 24.8. The van der Waals surface area contributed by atoms with Crippen LogP contribution in [0, 0.1) is 6.92 Å². The molecule has 0 bridgehead atoms. The summed E-state index contributed by atoms with van der Waals surface area (Å²) in [6, 6.07) is 21.3. The van der Waals surface area contributed by atoms with Crippen LogP contribution in [0.15, 0.2) is 88.2 Å². The lowest BCUT2D eigenvalue weighted by atomic mass is 10.2. The molecule has 0 spiro atoms. The van der Waals surface area contributed by atoms with Crippen molar-refractivity contribution >= 4 is 38.4 Å². The van der Waals surface area contributed by atoms with Gasteiger partial charge in [0.1, 0.15) is 5.58 Å². The molecule has 0 atom stereocenters. The zero-order valence-electron chi connectivity index (χ0n) is 18.0. The van der Waals surface area contributed by atoms with Gasteiger partial charge in [-0.25, -0.2) is 13.2 Å². The van der Waals surface area contributed by atoms with Gasteiger partial charge in [0.25, 0.3) is 10.0 Å². The molecule has 0 amide bonds. The minimum absolute atomic E-state index is 0.0192. The molecule has 1 heterocycles. The van der Waals surface area contributed by atoms with Gasteiger partial charge in [0.05, 0.1) is 16.1 Å². The molecule has 0 aliphatic heterocycles. The molecule has 1 aromatic heterocycles.